The average Bonchev–Trinajstić information content (AvgIpc) is 2.64. The van der Waals surface area contributed by atoms with Crippen LogP contribution in [-0.4, -0.2) is 36.8 Å². The molecule has 0 radical (unpaired) electrons. The van der Waals surface area contributed by atoms with Gasteiger partial charge in [0.05, 0.1) is 13.2 Å². The van der Waals surface area contributed by atoms with E-state index in [1.807, 2.05) is 48.5 Å². The molecule has 0 aromatic heterocycles. The van der Waals surface area contributed by atoms with Crippen LogP contribution in [0.15, 0.2) is 48.5 Å². The SMILES string of the molecule is ONCc1ccc(OCCOCCOc2ccc(CNO)cc2)cc1. The minimum Gasteiger partial charge on any atom is -0.491 e. The normalized spacial score (nSPS) is 10.6. The highest BCUT2D eigenvalue weighted by molar-refractivity contribution is 5.27. The summed E-state index contributed by atoms with van der Waals surface area (Å²) in [6, 6.07) is 14.9. The van der Waals surface area contributed by atoms with Gasteiger partial charge in [-0.3, -0.25) is 0 Å². The van der Waals surface area contributed by atoms with Gasteiger partial charge in [-0.25, -0.2) is 11.0 Å². The molecule has 0 unspecified atom stereocenters. The summed E-state index contributed by atoms with van der Waals surface area (Å²) in [5, 5.41) is 17.2. The molecule has 4 N–H and O–H groups in total. The quantitative estimate of drug-likeness (QED) is 0.345. The summed E-state index contributed by atoms with van der Waals surface area (Å²) in [7, 11) is 0. The van der Waals surface area contributed by atoms with E-state index in [-0.39, 0.29) is 0 Å². The molecule has 0 aliphatic heterocycles. The first kappa shape index (κ1) is 19.2. The molecule has 2 rings (SSSR count). The van der Waals surface area contributed by atoms with Gasteiger partial charge in [0, 0.05) is 13.1 Å². The Labute approximate surface area is 147 Å². The van der Waals surface area contributed by atoms with Gasteiger partial charge in [-0.1, -0.05) is 24.3 Å². The standard InChI is InChI=1S/C18H24N2O5/c21-19-13-15-1-5-17(6-2-15)24-11-9-23-10-12-25-18-7-3-16(4-8-18)14-20-22/h1-8,19-22H,9-14H2. The first-order chi connectivity index (χ1) is 12.3. The Morgan fingerprint density at radius 3 is 1.36 bits per heavy atom. The van der Waals surface area contributed by atoms with Crippen LogP contribution in [0.5, 0.6) is 11.5 Å². The topological polar surface area (TPSA) is 92.2 Å². The van der Waals surface area contributed by atoms with Crippen molar-refractivity contribution in [3.63, 3.8) is 0 Å². The lowest BCUT2D eigenvalue weighted by Crippen LogP contribution is -2.12. The molecular weight excluding hydrogens is 324 g/mol. The van der Waals surface area contributed by atoms with E-state index in [1.165, 1.54) is 0 Å². The zero-order chi connectivity index (χ0) is 17.7. The molecule has 2 aromatic rings. The van der Waals surface area contributed by atoms with E-state index in [0.717, 1.165) is 22.6 Å². The smallest absolute Gasteiger partial charge is 0.119 e. The van der Waals surface area contributed by atoms with Gasteiger partial charge in [0.2, 0.25) is 0 Å². The van der Waals surface area contributed by atoms with Crippen molar-refractivity contribution >= 4 is 0 Å². The molecule has 0 aliphatic rings. The molecule has 0 spiro atoms. The molecule has 136 valence electrons. The van der Waals surface area contributed by atoms with Crippen molar-refractivity contribution in [3.05, 3.63) is 59.7 Å². The zero-order valence-electron chi connectivity index (χ0n) is 14.0. The number of nitrogens with one attached hydrogen (secondary N) is 2. The Morgan fingerprint density at radius 1 is 0.600 bits per heavy atom. The summed E-state index contributed by atoms with van der Waals surface area (Å²) in [5.74, 6) is 1.53. The second-order valence-corrected chi connectivity index (χ2v) is 5.27. The van der Waals surface area contributed by atoms with Gasteiger partial charge in [-0.05, 0) is 35.4 Å². The van der Waals surface area contributed by atoms with Gasteiger partial charge in [0.1, 0.15) is 24.7 Å². The Kier molecular flexibility index (Phi) is 8.74. The maximum absolute atomic E-state index is 8.62. The third-order valence-corrected chi connectivity index (χ3v) is 3.41. The van der Waals surface area contributed by atoms with E-state index in [9.17, 15) is 0 Å². The largest absolute Gasteiger partial charge is 0.491 e. The molecule has 25 heavy (non-hydrogen) atoms. The fraction of sp³-hybridized carbons (Fsp3) is 0.333. The van der Waals surface area contributed by atoms with Crippen LogP contribution in [0.3, 0.4) is 0 Å². The number of hydrogen-bond donors (Lipinski definition) is 4. The number of ether oxygens (including phenoxy) is 3. The van der Waals surface area contributed by atoms with Crippen LogP contribution in [-0.2, 0) is 17.8 Å². The summed E-state index contributed by atoms with van der Waals surface area (Å²) in [5.41, 5.74) is 6.17. The van der Waals surface area contributed by atoms with Crippen LogP contribution in [0.4, 0.5) is 0 Å². The summed E-state index contributed by atoms with van der Waals surface area (Å²) < 4.78 is 16.6. The first-order valence-electron chi connectivity index (χ1n) is 8.07. The lowest BCUT2D eigenvalue weighted by molar-refractivity contribution is 0.0764. The van der Waals surface area contributed by atoms with Crippen LogP contribution in [0, 0.1) is 0 Å². The van der Waals surface area contributed by atoms with Crippen LogP contribution >= 0.6 is 0 Å². The highest BCUT2D eigenvalue weighted by Gasteiger charge is 1.98. The molecule has 0 bridgehead atoms. The lowest BCUT2D eigenvalue weighted by atomic mass is 10.2. The fourth-order valence-corrected chi connectivity index (χ4v) is 2.13. The molecule has 2 aromatic carbocycles. The molecule has 0 amide bonds. The molecule has 0 fully saturated rings. The third-order valence-electron chi connectivity index (χ3n) is 3.41. The van der Waals surface area contributed by atoms with Crippen molar-refractivity contribution in [1.29, 1.82) is 0 Å². The maximum atomic E-state index is 8.62. The predicted molar refractivity (Wildman–Crippen MR) is 91.9 cm³/mol. The zero-order valence-corrected chi connectivity index (χ0v) is 14.0. The fourth-order valence-electron chi connectivity index (χ4n) is 2.13. The van der Waals surface area contributed by atoms with Gasteiger partial charge in [0.15, 0.2) is 0 Å². The third kappa shape index (κ3) is 7.51. The molecule has 7 heteroatoms. The summed E-state index contributed by atoms with van der Waals surface area (Å²) in [6.07, 6.45) is 0. The molecule has 0 saturated heterocycles. The number of benzene rings is 2. The number of hydroxylamine groups is 2. The molecule has 0 aliphatic carbocycles. The lowest BCUT2D eigenvalue weighted by Gasteiger charge is -2.09. The molecule has 0 saturated carbocycles. The van der Waals surface area contributed by atoms with Crippen LogP contribution in [0.2, 0.25) is 0 Å². The van der Waals surface area contributed by atoms with E-state index in [1.54, 1.807) is 0 Å². The van der Waals surface area contributed by atoms with Crippen molar-refractivity contribution in [2.24, 2.45) is 0 Å². The van der Waals surface area contributed by atoms with E-state index in [0.29, 0.717) is 39.5 Å². The highest BCUT2D eigenvalue weighted by Crippen LogP contribution is 2.13. The summed E-state index contributed by atoms with van der Waals surface area (Å²) >= 11 is 0. The minimum absolute atomic E-state index is 0.407. The minimum atomic E-state index is 0.407. The summed E-state index contributed by atoms with van der Waals surface area (Å²) in [4.78, 5) is 0. The van der Waals surface area contributed by atoms with Gasteiger partial charge in [0.25, 0.3) is 0 Å². The van der Waals surface area contributed by atoms with Crippen LogP contribution in [0.1, 0.15) is 11.1 Å². The molecule has 0 atom stereocenters. The number of hydrogen-bond acceptors (Lipinski definition) is 7. The van der Waals surface area contributed by atoms with E-state index in [4.69, 9.17) is 24.6 Å². The highest BCUT2D eigenvalue weighted by atomic mass is 16.5. The Balaban J connectivity index is 1.53. The Hall–Kier alpha value is -2.16. The first-order valence-corrected chi connectivity index (χ1v) is 8.07. The van der Waals surface area contributed by atoms with Crippen molar-refractivity contribution < 1.29 is 24.6 Å². The van der Waals surface area contributed by atoms with Crippen LogP contribution < -0.4 is 20.4 Å². The van der Waals surface area contributed by atoms with Crippen molar-refractivity contribution in [1.82, 2.24) is 11.0 Å². The van der Waals surface area contributed by atoms with E-state index in [2.05, 4.69) is 11.0 Å². The van der Waals surface area contributed by atoms with Gasteiger partial charge in [-0.15, -0.1) is 0 Å². The van der Waals surface area contributed by atoms with Crippen LogP contribution in [0.25, 0.3) is 0 Å². The Bertz CT molecular complexity index is 536. The van der Waals surface area contributed by atoms with E-state index >= 15 is 0 Å². The van der Waals surface area contributed by atoms with Crippen molar-refractivity contribution in [2.75, 3.05) is 26.4 Å². The second-order valence-electron chi connectivity index (χ2n) is 5.27. The van der Waals surface area contributed by atoms with Gasteiger partial charge >= 0.3 is 0 Å². The molecular formula is C18H24N2O5. The van der Waals surface area contributed by atoms with Crippen molar-refractivity contribution in [2.45, 2.75) is 13.1 Å². The second kappa shape index (κ2) is 11.4. The van der Waals surface area contributed by atoms with Crippen molar-refractivity contribution in [3.8, 4) is 11.5 Å². The monoisotopic (exact) mass is 348 g/mol. The maximum Gasteiger partial charge on any atom is 0.119 e. The number of rotatable bonds is 12. The molecule has 7 nitrogen and oxygen atoms in total. The Morgan fingerprint density at radius 2 is 1.00 bits per heavy atom. The summed E-state index contributed by atoms with van der Waals surface area (Å²) in [6.45, 7) is 2.69. The van der Waals surface area contributed by atoms with Gasteiger partial charge < -0.3 is 24.6 Å². The predicted octanol–water partition coefficient (Wildman–Crippen LogP) is 2.12. The molecule has 0 heterocycles. The average molecular weight is 348 g/mol. The van der Waals surface area contributed by atoms with Gasteiger partial charge in [-0.2, -0.15) is 0 Å². The van der Waals surface area contributed by atoms with E-state index < -0.39 is 0 Å².